The Morgan fingerprint density at radius 1 is 1.12 bits per heavy atom. The van der Waals surface area contributed by atoms with E-state index >= 15 is 0 Å². The summed E-state index contributed by atoms with van der Waals surface area (Å²) >= 11 is 6.04. The van der Waals surface area contributed by atoms with Crippen LogP contribution in [-0.4, -0.2) is 25.5 Å². The summed E-state index contributed by atoms with van der Waals surface area (Å²) in [4.78, 5) is 20.6. The standard InChI is InChI=1S/C18H11ClFN5O/c19-17-12(2-1-3-13(17)20)14-4-5-16-22-10-15(25(16)24-14)18(26)23-11-6-8-21-9-7-11/h1-10H,(H,21,23,26). The largest absolute Gasteiger partial charge is 0.320 e. The monoisotopic (exact) mass is 367 g/mol. The molecule has 0 aliphatic rings. The highest BCUT2D eigenvalue weighted by Crippen LogP contribution is 2.28. The minimum Gasteiger partial charge on any atom is -0.320 e. The van der Waals surface area contributed by atoms with E-state index < -0.39 is 5.82 Å². The number of nitrogens with zero attached hydrogens (tertiary/aromatic N) is 4. The molecule has 128 valence electrons. The molecule has 0 aliphatic heterocycles. The molecule has 0 fully saturated rings. The molecule has 0 radical (unpaired) electrons. The van der Waals surface area contributed by atoms with E-state index in [1.54, 1.807) is 48.8 Å². The van der Waals surface area contributed by atoms with Gasteiger partial charge in [-0.1, -0.05) is 23.7 Å². The van der Waals surface area contributed by atoms with Crippen molar-refractivity contribution in [2.24, 2.45) is 0 Å². The minimum atomic E-state index is -0.535. The molecule has 0 atom stereocenters. The zero-order valence-electron chi connectivity index (χ0n) is 13.2. The number of imidazole rings is 1. The summed E-state index contributed by atoms with van der Waals surface area (Å²) in [7, 11) is 0. The number of amides is 1. The molecule has 6 nitrogen and oxygen atoms in total. The second kappa shape index (κ2) is 6.53. The summed E-state index contributed by atoms with van der Waals surface area (Å²) < 4.78 is 15.1. The Morgan fingerprint density at radius 3 is 2.73 bits per heavy atom. The lowest BCUT2D eigenvalue weighted by atomic mass is 10.1. The third-order valence-corrected chi connectivity index (χ3v) is 4.14. The van der Waals surface area contributed by atoms with Crippen molar-refractivity contribution in [3.05, 3.63) is 77.6 Å². The lowest BCUT2D eigenvalue weighted by Gasteiger charge is -2.07. The number of hydrogen-bond acceptors (Lipinski definition) is 4. The Kier molecular flexibility index (Phi) is 4.06. The van der Waals surface area contributed by atoms with Crippen molar-refractivity contribution in [2.75, 3.05) is 5.32 Å². The molecular weight excluding hydrogens is 357 g/mol. The first-order valence-electron chi connectivity index (χ1n) is 7.64. The molecule has 4 rings (SSSR count). The average Bonchev–Trinajstić information content (AvgIpc) is 3.08. The summed E-state index contributed by atoms with van der Waals surface area (Å²) in [6, 6.07) is 11.2. The van der Waals surface area contributed by atoms with Crippen molar-refractivity contribution in [1.82, 2.24) is 19.6 Å². The van der Waals surface area contributed by atoms with Gasteiger partial charge in [-0.25, -0.2) is 13.9 Å². The maximum Gasteiger partial charge on any atom is 0.276 e. The molecule has 0 spiro atoms. The van der Waals surface area contributed by atoms with Crippen LogP contribution in [0, 0.1) is 5.82 Å². The van der Waals surface area contributed by atoms with Crippen molar-refractivity contribution >= 4 is 28.8 Å². The topological polar surface area (TPSA) is 72.2 Å². The lowest BCUT2D eigenvalue weighted by molar-refractivity contribution is 0.102. The fraction of sp³-hybridized carbons (Fsp3) is 0. The van der Waals surface area contributed by atoms with Gasteiger partial charge in [0.25, 0.3) is 5.91 Å². The first kappa shape index (κ1) is 16.2. The number of aromatic nitrogens is 4. The Balaban J connectivity index is 1.75. The molecule has 1 aromatic carbocycles. The Morgan fingerprint density at radius 2 is 1.92 bits per heavy atom. The molecule has 4 aromatic rings. The second-order valence-electron chi connectivity index (χ2n) is 5.42. The molecule has 0 bridgehead atoms. The molecule has 0 saturated carbocycles. The van der Waals surface area contributed by atoms with E-state index in [1.165, 1.54) is 16.8 Å². The zero-order valence-corrected chi connectivity index (χ0v) is 14.0. The van der Waals surface area contributed by atoms with Crippen LogP contribution in [0.3, 0.4) is 0 Å². The van der Waals surface area contributed by atoms with E-state index in [9.17, 15) is 9.18 Å². The normalized spacial score (nSPS) is 10.8. The van der Waals surface area contributed by atoms with Crippen LogP contribution < -0.4 is 5.32 Å². The van der Waals surface area contributed by atoms with Gasteiger partial charge in [0.2, 0.25) is 0 Å². The lowest BCUT2D eigenvalue weighted by Crippen LogP contribution is -2.15. The molecule has 3 aromatic heterocycles. The molecule has 3 heterocycles. The van der Waals surface area contributed by atoms with Gasteiger partial charge in [-0.05, 0) is 30.3 Å². The number of nitrogens with one attached hydrogen (secondary N) is 1. The van der Waals surface area contributed by atoms with Crippen LogP contribution >= 0.6 is 11.6 Å². The number of fused-ring (bicyclic) bond motifs is 1. The van der Waals surface area contributed by atoms with Gasteiger partial charge in [0, 0.05) is 23.6 Å². The molecule has 26 heavy (non-hydrogen) atoms. The van der Waals surface area contributed by atoms with Crippen molar-refractivity contribution in [2.45, 2.75) is 0 Å². The molecule has 1 amide bonds. The quantitative estimate of drug-likeness (QED) is 0.597. The van der Waals surface area contributed by atoms with Crippen molar-refractivity contribution in [3.8, 4) is 11.3 Å². The van der Waals surface area contributed by atoms with Gasteiger partial charge < -0.3 is 5.32 Å². The van der Waals surface area contributed by atoms with Gasteiger partial charge in [0.05, 0.1) is 16.9 Å². The first-order chi connectivity index (χ1) is 12.6. The number of pyridine rings is 1. The van der Waals surface area contributed by atoms with E-state index in [2.05, 4.69) is 20.4 Å². The number of hydrogen-bond donors (Lipinski definition) is 1. The van der Waals surface area contributed by atoms with E-state index in [4.69, 9.17) is 11.6 Å². The summed E-state index contributed by atoms with van der Waals surface area (Å²) in [5, 5.41) is 7.12. The third-order valence-electron chi connectivity index (χ3n) is 3.76. The van der Waals surface area contributed by atoms with Crippen LogP contribution in [0.25, 0.3) is 16.9 Å². The van der Waals surface area contributed by atoms with E-state index in [0.717, 1.165) is 0 Å². The van der Waals surface area contributed by atoms with Crippen LogP contribution in [0.1, 0.15) is 10.5 Å². The Hall–Kier alpha value is -3.32. The smallest absolute Gasteiger partial charge is 0.276 e. The predicted octanol–water partition coefficient (Wildman–Crippen LogP) is 3.84. The van der Waals surface area contributed by atoms with Gasteiger partial charge >= 0.3 is 0 Å². The van der Waals surface area contributed by atoms with Crippen molar-refractivity contribution < 1.29 is 9.18 Å². The second-order valence-corrected chi connectivity index (χ2v) is 5.80. The van der Waals surface area contributed by atoms with E-state index in [-0.39, 0.29) is 16.6 Å². The number of carbonyl (C=O) groups is 1. The van der Waals surface area contributed by atoms with Gasteiger partial charge in [0.1, 0.15) is 5.82 Å². The highest BCUT2D eigenvalue weighted by molar-refractivity contribution is 6.33. The van der Waals surface area contributed by atoms with Crippen molar-refractivity contribution in [1.29, 1.82) is 0 Å². The highest BCUT2D eigenvalue weighted by Gasteiger charge is 2.16. The molecule has 1 N–H and O–H groups in total. The summed E-state index contributed by atoms with van der Waals surface area (Å²) in [5.41, 5.74) is 2.19. The third kappa shape index (κ3) is 2.89. The highest BCUT2D eigenvalue weighted by atomic mass is 35.5. The Labute approximate surface area is 152 Å². The minimum absolute atomic E-state index is 0.0257. The molecule has 0 unspecified atom stereocenters. The molecule has 8 heteroatoms. The molecule has 0 saturated heterocycles. The summed E-state index contributed by atoms with van der Waals surface area (Å²) in [6.07, 6.45) is 4.58. The van der Waals surface area contributed by atoms with E-state index in [0.29, 0.717) is 22.6 Å². The van der Waals surface area contributed by atoms with Crippen LogP contribution in [0.4, 0.5) is 10.1 Å². The average molecular weight is 368 g/mol. The molecule has 0 aliphatic carbocycles. The summed E-state index contributed by atoms with van der Waals surface area (Å²) in [5.74, 6) is -0.911. The maximum atomic E-state index is 13.7. The first-order valence-corrected chi connectivity index (χ1v) is 8.02. The number of anilines is 1. The van der Waals surface area contributed by atoms with Gasteiger partial charge in [0.15, 0.2) is 11.3 Å². The molecular formula is C18H11ClFN5O. The number of carbonyl (C=O) groups excluding carboxylic acids is 1. The van der Waals surface area contributed by atoms with E-state index in [1.807, 2.05) is 0 Å². The van der Waals surface area contributed by atoms with Crippen molar-refractivity contribution in [3.63, 3.8) is 0 Å². The predicted molar refractivity (Wildman–Crippen MR) is 95.6 cm³/mol. The van der Waals surface area contributed by atoms with Crippen LogP contribution in [0.5, 0.6) is 0 Å². The van der Waals surface area contributed by atoms with Crippen LogP contribution in [0.15, 0.2) is 61.1 Å². The van der Waals surface area contributed by atoms with Crippen LogP contribution in [-0.2, 0) is 0 Å². The summed E-state index contributed by atoms with van der Waals surface area (Å²) in [6.45, 7) is 0. The van der Waals surface area contributed by atoms with Gasteiger partial charge in [-0.15, -0.1) is 0 Å². The zero-order chi connectivity index (χ0) is 18.1. The maximum absolute atomic E-state index is 13.7. The van der Waals surface area contributed by atoms with Gasteiger partial charge in [-0.3, -0.25) is 9.78 Å². The number of benzene rings is 1. The number of rotatable bonds is 3. The Bertz CT molecular complexity index is 1110. The fourth-order valence-electron chi connectivity index (χ4n) is 2.50. The van der Waals surface area contributed by atoms with Crippen LogP contribution in [0.2, 0.25) is 5.02 Å². The fourth-order valence-corrected chi connectivity index (χ4v) is 2.73. The SMILES string of the molecule is O=C(Nc1ccncc1)c1cnc2ccc(-c3cccc(F)c3Cl)nn12. The van der Waals surface area contributed by atoms with Gasteiger partial charge in [-0.2, -0.15) is 5.10 Å². The number of halogens is 2.